The third kappa shape index (κ3) is 3.37. The molecule has 1 aromatic carbocycles. The molecule has 1 aliphatic rings. The molecule has 0 radical (unpaired) electrons. The number of benzene rings is 1. The topological polar surface area (TPSA) is 35.5 Å². The smallest absolute Gasteiger partial charge is 0.310 e. The van der Waals surface area contributed by atoms with E-state index >= 15 is 0 Å². The van der Waals surface area contributed by atoms with Crippen LogP contribution in [0.25, 0.3) is 0 Å². The summed E-state index contributed by atoms with van der Waals surface area (Å²) in [6.07, 6.45) is 1.93. The SMILES string of the molecule is COc1c(F)c(F)c(COC(=O)[C@H]2[C@@H](C=C(C)C)C2(C)C)c(F)c1F. The van der Waals surface area contributed by atoms with Crippen LogP contribution in [0, 0.1) is 40.5 Å². The van der Waals surface area contributed by atoms with Gasteiger partial charge in [0.1, 0.15) is 6.61 Å². The zero-order valence-electron chi connectivity index (χ0n) is 14.7. The molecule has 138 valence electrons. The molecule has 0 N–H and O–H groups in total. The fourth-order valence-electron chi connectivity index (χ4n) is 2.99. The van der Waals surface area contributed by atoms with Crippen molar-refractivity contribution in [2.45, 2.75) is 34.3 Å². The van der Waals surface area contributed by atoms with Crippen LogP contribution in [0.2, 0.25) is 0 Å². The van der Waals surface area contributed by atoms with Crippen molar-refractivity contribution in [1.82, 2.24) is 0 Å². The molecule has 0 heterocycles. The molecule has 0 spiro atoms. The second-order valence-electron chi connectivity index (χ2n) is 6.94. The molecule has 0 aliphatic heterocycles. The average Bonchev–Trinajstić information content (AvgIpc) is 3.05. The van der Waals surface area contributed by atoms with Gasteiger partial charge in [-0.1, -0.05) is 25.5 Å². The third-order valence-corrected chi connectivity index (χ3v) is 4.55. The van der Waals surface area contributed by atoms with E-state index < -0.39 is 53.1 Å². The summed E-state index contributed by atoms with van der Waals surface area (Å²) < 4.78 is 64.4. The predicted octanol–water partition coefficient (Wildman–Crippen LogP) is 4.53. The van der Waals surface area contributed by atoms with Gasteiger partial charge >= 0.3 is 5.97 Å². The van der Waals surface area contributed by atoms with E-state index in [4.69, 9.17) is 4.74 Å². The van der Waals surface area contributed by atoms with E-state index in [0.717, 1.165) is 12.7 Å². The van der Waals surface area contributed by atoms with Crippen LogP contribution in [0.1, 0.15) is 33.3 Å². The molecule has 1 aliphatic carbocycles. The van der Waals surface area contributed by atoms with Crippen molar-refractivity contribution in [1.29, 1.82) is 0 Å². The Morgan fingerprint density at radius 2 is 1.60 bits per heavy atom. The number of hydrogen-bond donors (Lipinski definition) is 0. The summed E-state index contributed by atoms with van der Waals surface area (Å²) in [5.41, 5.74) is -0.298. The Hall–Kier alpha value is -2.05. The molecule has 2 atom stereocenters. The predicted molar refractivity (Wildman–Crippen MR) is 82.8 cm³/mol. The number of carbonyl (C=O) groups excluding carboxylic acids is 1. The normalized spacial score (nSPS) is 20.8. The Labute approximate surface area is 143 Å². The largest absolute Gasteiger partial charge is 0.491 e. The molecule has 1 fully saturated rings. The minimum Gasteiger partial charge on any atom is -0.491 e. The second-order valence-corrected chi connectivity index (χ2v) is 6.94. The molecular formula is C18H20F4O3. The van der Waals surface area contributed by atoms with Gasteiger partial charge in [0, 0.05) is 0 Å². The van der Waals surface area contributed by atoms with Crippen molar-refractivity contribution in [2.24, 2.45) is 17.3 Å². The number of esters is 1. The van der Waals surface area contributed by atoms with Crippen molar-refractivity contribution < 1.29 is 31.8 Å². The Bertz CT molecular complexity index is 707. The highest BCUT2D eigenvalue weighted by atomic mass is 19.2. The Morgan fingerprint density at radius 1 is 1.08 bits per heavy atom. The van der Waals surface area contributed by atoms with E-state index in [1.807, 2.05) is 33.8 Å². The van der Waals surface area contributed by atoms with Crippen LogP contribution in [-0.2, 0) is 16.1 Å². The summed E-state index contributed by atoms with van der Waals surface area (Å²) >= 11 is 0. The standard InChI is InChI=1S/C18H20F4O3/c1-8(2)6-10-11(18(10,3)4)17(23)25-7-9-12(19)14(21)16(24-5)15(22)13(9)20/h6,10-11H,7H2,1-5H3/t10-,11-/m1/s1. The molecule has 0 aromatic heterocycles. The first-order valence-electron chi connectivity index (χ1n) is 7.74. The molecule has 0 unspecified atom stereocenters. The Balaban J connectivity index is 2.18. The number of halogens is 4. The maximum absolute atomic E-state index is 13.9. The highest BCUT2D eigenvalue weighted by Gasteiger charge is 2.61. The van der Waals surface area contributed by atoms with Gasteiger partial charge in [-0.15, -0.1) is 0 Å². The van der Waals surface area contributed by atoms with Crippen LogP contribution < -0.4 is 4.74 Å². The van der Waals surface area contributed by atoms with E-state index in [0.29, 0.717) is 0 Å². The summed E-state index contributed by atoms with van der Waals surface area (Å²) in [6.45, 7) is 6.63. The summed E-state index contributed by atoms with van der Waals surface area (Å²) in [5.74, 6) is -8.95. The van der Waals surface area contributed by atoms with Crippen molar-refractivity contribution in [3.63, 3.8) is 0 Å². The van der Waals surface area contributed by atoms with Gasteiger partial charge in [-0.05, 0) is 25.2 Å². The Morgan fingerprint density at radius 3 is 2.04 bits per heavy atom. The van der Waals surface area contributed by atoms with E-state index in [9.17, 15) is 22.4 Å². The quantitative estimate of drug-likeness (QED) is 0.335. The monoisotopic (exact) mass is 360 g/mol. The fourth-order valence-corrected chi connectivity index (χ4v) is 2.99. The molecule has 2 rings (SSSR count). The number of methoxy groups -OCH3 is 1. The van der Waals surface area contributed by atoms with E-state index in [-0.39, 0.29) is 11.3 Å². The average molecular weight is 360 g/mol. The number of rotatable bonds is 5. The number of allylic oxidation sites excluding steroid dienone is 2. The van der Waals surface area contributed by atoms with Crippen LogP contribution in [0.4, 0.5) is 17.6 Å². The van der Waals surface area contributed by atoms with Gasteiger partial charge in [-0.2, -0.15) is 8.78 Å². The Kier molecular flexibility index (Phi) is 5.16. The fraction of sp³-hybridized carbons (Fsp3) is 0.500. The van der Waals surface area contributed by atoms with Gasteiger partial charge < -0.3 is 9.47 Å². The number of ether oxygens (including phenoxy) is 2. The lowest BCUT2D eigenvalue weighted by Crippen LogP contribution is -2.14. The summed E-state index contributed by atoms with van der Waals surface area (Å²) in [6, 6.07) is 0. The molecule has 3 nitrogen and oxygen atoms in total. The molecule has 0 bridgehead atoms. The third-order valence-electron chi connectivity index (χ3n) is 4.55. The molecule has 1 aromatic rings. The minimum atomic E-state index is -1.67. The van der Waals surface area contributed by atoms with Gasteiger partial charge in [0.2, 0.25) is 11.6 Å². The maximum atomic E-state index is 13.9. The van der Waals surface area contributed by atoms with E-state index in [2.05, 4.69) is 4.74 Å². The minimum absolute atomic E-state index is 0.0518. The van der Waals surface area contributed by atoms with Crippen LogP contribution in [0.5, 0.6) is 5.75 Å². The van der Waals surface area contributed by atoms with E-state index in [1.54, 1.807) is 0 Å². The van der Waals surface area contributed by atoms with Crippen LogP contribution in [0.15, 0.2) is 11.6 Å². The first kappa shape index (κ1) is 19.3. The van der Waals surface area contributed by atoms with Gasteiger partial charge in [0.05, 0.1) is 18.6 Å². The lowest BCUT2D eigenvalue weighted by Gasteiger charge is -2.11. The van der Waals surface area contributed by atoms with Gasteiger partial charge in [0.15, 0.2) is 17.4 Å². The lowest BCUT2D eigenvalue weighted by atomic mass is 10.1. The van der Waals surface area contributed by atoms with Crippen molar-refractivity contribution >= 4 is 5.97 Å². The van der Waals surface area contributed by atoms with Crippen molar-refractivity contribution in [2.75, 3.05) is 7.11 Å². The van der Waals surface area contributed by atoms with Crippen molar-refractivity contribution in [3.8, 4) is 5.75 Å². The van der Waals surface area contributed by atoms with Gasteiger partial charge in [-0.25, -0.2) is 8.78 Å². The number of carbonyl (C=O) groups is 1. The first-order chi connectivity index (χ1) is 11.5. The molecule has 0 amide bonds. The maximum Gasteiger partial charge on any atom is 0.310 e. The van der Waals surface area contributed by atoms with Crippen molar-refractivity contribution in [3.05, 3.63) is 40.5 Å². The summed E-state index contributed by atoms with van der Waals surface area (Å²) in [7, 11) is 0.888. The molecular weight excluding hydrogens is 340 g/mol. The first-order valence-corrected chi connectivity index (χ1v) is 7.74. The summed E-state index contributed by atoms with van der Waals surface area (Å²) in [4.78, 5) is 12.2. The molecule has 1 saturated carbocycles. The van der Waals surface area contributed by atoms with Crippen LogP contribution >= 0.6 is 0 Å². The van der Waals surface area contributed by atoms with Gasteiger partial charge in [-0.3, -0.25) is 4.79 Å². The lowest BCUT2D eigenvalue weighted by molar-refractivity contribution is -0.147. The second kappa shape index (κ2) is 6.69. The van der Waals surface area contributed by atoms with Gasteiger partial charge in [0.25, 0.3) is 0 Å². The summed E-state index contributed by atoms with van der Waals surface area (Å²) in [5, 5.41) is 0. The van der Waals surface area contributed by atoms with Crippen LogP contribution in [-0.4, -0.2) is 13.1 Å². The van der Waals surface area contributed by atoms with Crippen LogP contribution in [0.3, 0.4) is 0 Å². The van der Waals surface area contributed by atoms with E-state index in [1.165, 1.54) is 0 Å². The molecule has 25 heavy (non-hydrogen) atoms. The number of hydrogen-bond acceptors (Lipinski definition) is 3. The zero-order chi connectivity index (χ0) is 19.1. The zero-order valence-corrected chi connectivity index (χ0v) is 14.7. The highest BCUT2D eigenvalue weighted by molar-refractivity contribution is 5.78. The highest BCUT2D eigenvalue weighted by Crippen LogP contribution is 2.59. The molecule has 7 heteroatoms. The molecule has 0 saturated heterocycles.